The van der Waals surface area contributed by atoms with Crippen molar-refractivity contribution in [1.29, 1.82) is 0 Å². The van der Waals surface area contributed by atoms with Crippen LogP contribution in [0.3, 0.4) is 0 Å². The molecule has 1 fully saturated rings. The van der Waals surface area contributed by atoms with Crippen LogP contribution in [0.25, 0.3) is 0 Å². The Hall–Kier alpha value is -0.450. The first kappa shape index (κ1) is 12.0. The molecule has 2 atom stereocenters. The highest BCUT2D eigenvalue weighted by Gasteiger charge is 2.23. The van der Waals surface area contributed by atoms with Crippen LogP contribution in [0.2, 0.25) is 0 Å². The fourth-order valence-electron chi connectivity index (χ4n) is 2.48. The van der Waals surface area contributed by atoms with Crippen molar-refractivity contribution in [2.24, 2.45) is 11.7 Å². The van der Waals surface area contributed by atoms with E-state index in [-0.39, 0.29) is 0 Å². The van der Waals surface area contributed by atoms with Gasteiger partial charge in [-0.2, -0.15) is 0 Å². The van der Waals surface area contributed by atoms with E-state index in [1.165, 1.54) is 30.6 Å². The highest BCUT2D eigenvalue weighted by molar-refractivity contribution is 7.09. The van der Waals surface area contributed by atoms with Crippen molar-refractivity contribution in [2.75, 3.05) is 6.54 Å². The molecule has 16 heavy (non-hydrogen) atoms. The molecule has 0 aromatic carbocycles. The van der Waals surface area contributed by atoms with Gasteiger partial charge in [0.05, 0.1) is 11.2 Å². The molecule has 1 aromatic rings. The first-order valence-electron chi connectivity index (χ1n) is 6.13. The van der Waals surface area contributed by atoms with Gasteiger partial charge in [-0.1, -0.05) is 12.8 Å². The number of nitrogens with one attached hydrogen (secondary N) is 1. The third kappa shape index (κ3) is 2.81. The number of hydrogen-bond donors (Lipinski definition) is 2. The van der Waals surface area contributed by atoms with Crippen LogP contribution in [0.1, 0.15) is 36.3 Å². The fraction of sp³-hybridized carbons (Fsp3) is 0.750. The van der Waals surface area contributed by atoms with Crippen molar-refractivity contribution >= 4 is 11.3 Å². The Morgan fingerprint density at radius 2 is 2.31 bits per heavy atom. The quantitative estimate of drug-likeness (QED) is 0.845. The van der Waals surface area contributed by atoms with Crippen LogP contribution in [-0.2, 0) is 6.54 Å². The Balaban J connectivity index is 1.86. The average molecular weight is 239 g/mol. The van der Waals surface area contributed by atoms with E-state index in [0.717, 1.165) is 18.8 Å². The van der Waals surface area contributed by atoms with E-state index in [4.69, 9.17) is 5.73 Å². The van der Waals surface area contributed by atoms with Gasteiger partial charge >= 0.3 is 0 Å². The molecule has 0 radical (unpaired) electrons. The van der Waals surface area contributed by atoms with Crippen molar-refractivity contribution in [3.63, 3.8) is 0 Å². The van der Waals surface area contributed by atoms with Crippen LogP contribution in [-0.4, -0.2) is 17.6 Å². The first-order valence-corrected chi connectivity index (χ1v) is 7.01. The first-order chi connectivity index (χ1) is 7.81. The number of thiazole rings is 1. The molecule has 4 heteroatoms. The van der Waals surface area contributed by atoms with Gasteiger partial charge in [-0.15, -0.1) is 11.3 Å². The van der Waals surface area contributed by atoms with Crippen molar-refractivity contribution in [2.45, 2.75) is 45.2 Å². The lowest BCUT2D eigenvalue weighted by atomic mass is 9.84. The minimum absolute atomic E-state index is 0.611. The zero-order valence-electron chi connectivity index (χ0n) is 9.91. The highest BCUT2D eigenvalue weighted by atomic mass is 32.1. The second-order valence-corrected chi connectivity index (χ2v) is 5.57. The van der Waals surface area contributed by atoms with Crippen molar-refractivity contribution < 1.29 is 0 Å². The van der Waals surface area contributed by atoms with E-state index in [0.29, 0.717) is 12.0 Å². The van der Waals surface area contributed by atoms with Crippen molar-refractivity contribution in [1.82, 2.24) is 10.3 Å². The molecule has 1 aromatic heterocycles. The smallest absolute Gasteiger partial charge is 0.0798 e. The summed E-state index contributed by atoms with van der Waals surface area (Å²) in [7, 11) is 0. The lowest BCUT2D eigenvalue weighted by molar-refractivity contribution is 0.267. The minimum Gasteiger partial charge on any atom is -0.330 e. The predicted octanol–water partition coefficient (Wildman–Crippen LogP) is 2.06. The van der Waals surface area contributed by atoms with Crippen LogP contribution in [0, 0.1) is 12.8 Å². The Labute approximate surface area is 101 Å². The topological polar surface area (TPSA) is 50.9 Å². The summed E-state index contributed by atoms with van der Waals surface area (Å²) >= 11 is 1.74. The number of aryl methyl sites for hydroxylation is 1. The molecule has 0 aliphatic heterocycles. The molecule has 0 saturated heterocycles. The zero-order valence-corrected chi connectivity index (χ0v) is 10.7. The summed E-state index contributed by atoms with van der Waals surface area (Å²) in [5, 5.41) is 3.66. The fourth-order valence-corrected chi connectivity index (χ4v) is 3.21. The SMILES string of the molecule is Cc1ncsc1CNC1CCCCC1CN. The molecule has 2 rings (SSSR count). The van der Waals surface area contributed by atoms with Gasteiger partial charge in [0, 0.05) is 17.5 Å². The number of nitrogens with zero attached hydrogens (tertiary/aromatic N) is 1. The van der Waals surface area contributed by atoms with Crippen LogP contribution in [0.15, 0.2) is 5.51 Å². The van der Waals surface area contributed by atoms with Gasteiger partial charge in [0.15, 0.2) is 0 Å². The van der Waals surface area contributed by atoms with Gasteiger partial charge in [0.25, 0.3) is 0 Å². The molecule has 1 aliphatic rings. The minimum atomic E-state index is 0.611. The summed E-state index contributed by atoms with van der Waals surface area (Å²) in [6.45, 7) is 3.85. The average Bonchev–Trinajstić information content (AvgIpc) is 2.72. The number of rotatable bonds is 4. The summed E-state index contributed by atoms with van der Waals surface area (Å²) in [6, 6.07) is 0.611. The van der Waals surface area contributed by atoms with Gasteiger partial charge in [0.1, 0.15) is 0 Å². The van der Waals surface area contributed by atoms with Crippen LogP contribution in [0.4, 0.5) is 0 Å². The van der Waals surface area contributed by atoms with Crippen LogP contribution in [0.5, 0.6) is 0 Å². The second-order valence-electron chi connectivity index (χ2n) is 4.63. The molecule has 0 bridgehead atoms. The van der Waals surface area contributed by atoms with E-state index in [2.05, 4.69) is 17.2 Å². The number of aromatic nitrogens is 1. The maximum absolute atomic E-state index is 5.82. The molecular formula is C12H21N3S. The van der Waals surface area contributed by atoms with E-state index in [1.54, 1.807) is 11.3 Å². The summed E-state index contributed by atoms with van der Waals surface area (Å²) in [6.07, 6.45) is 5.25. The monoisotopic (exact) mass is 239 g/mol. The summed E-state index contributed by atoms with van der Waals surface area (Å²) < 4.78 is 0. The maximum Gasteiger partial charge on any atom is 0.0798 e. The van der Waals surface area contributed by atoms with E-state index in [9.17, 15) is 0 Å². The molecule has 2 unspecified atom stereocenters. The zero-order chi connectivity index (χ0) is 11.4. The summed E-state index contributed by atoms with van der Waals surface area (Å²) in [4.78, 5) is 5.64. The third-order valence-corrected chi connectivity index (χ3v) is 4.52. The lowest BCUT2D eigenvalue weighted by Crippen LogP contribution is -2.41. The van der Waals surface area contributed by atoms with E-state index < -0.39 is 0 Å². The molecule has 90 valence electrons. The van der Waals surface area contributed by atoms with E-state index >= 15 is 0 Å². The van der Waals surface area contributed by atoms with Gasteiger partial charge in [0.2, 0.25) is 0 Å². The molecular weight excluding hydrogens is 218 g/mol. The number of nitrogens with two attached hydrogens (primary N) is 1. The van der Waals surface area contributed by atoms with Crippen molar-refractivity contribution in [3.8, 4) is 0 Å². The summed E-state index contributed by atoms with van der Waals surface area (Å²) in [5.74, 6) is 0.668. The predicted molar refractivity (Wildman–Crippen MR) is 68.5 cm³/mol. The Morgan fingerprint density at radius 1 is 1.50 bits per heavy atom. The molecule has 0 spiro atoms. The standard InChI is InChI=1S/C12H21N3S/c1-9-12(16-8-15-9)7-14-11-5-3-2-4-10(11)6-13/h8,10-11,14H,2-7,13H2,1H3. The normalized spacial score (nSPS) is 25.9. The molecule has 0 amide bonds. The second kappa shape index (κ2) is 5.75. The van der Waals surface area contributed by atoms with Crippen LogP contribution >= 0.6 is 11.3 Å². The molecule has 3 nitrogen and oxygen atoms in total. The molecule has 3 N–H and O–H groups in total. The maximum atomic E-state index is 5.82. The Bertz CT molecular complexity index is 324. The van der Waals surface area contributed by atoms with Gasteiger partial charge in [-0.05, 0) is 32.2 Å². The largest absolute Gasteiger partial charge is 0.330 e. The van der Waals surface area contributed by atoms with Gasteiger partial charge < -0.3 is 11.1 Å². The third-order valence-electron chi connectivity index (χ3n) is 3.58. The lowest BCUT2D eigenvalue weighted by Gasteiger charge is -2.31. The van der Waals surface area contributed by atoms with Gasteiger partial charge in [-0.3, -0.25) is 0 Å². The Morgan fingerprint density at radius 3 is 3.00 bits per heavy atom. The van der Waals surface area contributed by atoms with Crippen LogP contribution < -0.4 is 11.1 Å². The van der Waals surface area contributed by atoms with Gasteiger partial charge in [-0.25, -0.2) is 4.98 Å². The summed E-state index contributed by atoms with van der Waals surface area (Å²) in [5.41, 5.74) is 8.91. The highest BCUT2D eigenvalue weighted by Crippen LogP contribution is 2.24. The molecule has 1 saturated carbocycles. The molecule has 1 heterocycles. The van der Waals surface area contributed by atoms with Crippen molar-refractivity contribution in [3.05, 3.63) is 16.1 Å². The molecule has 1 aliphatic carbocycles. The Kier molecular flexibility index (Phi) is 4.32. The van der Waals surface area contributed by atoms with E-state index in [1.807, 2.05) is 5.51 Å². The number of hydrogen-bond acceptors (Lipinski definition) is 4.